The molecule has 2 aromatic heterocycles. The minimum absolute atomic E-state index is 0.0706. The number of carbonyl (C=O) groups excluding carboxylic acids is 1. The molecule has 1 amide bonds. The molecule has 1 aliphatic heterocycles. The Kier molecular flexibility index (Phi) is 6.90. The maximum absolute atomic E-state index is 12.9. The lowest BCUT2D eigenvalue weighted by atomic mass is 10.2. The van der Waals surface area contributed by atoms with Gasteiger partial charge in [-0.15, -0.1) is 24.5 Å². The van der Waals surface area contributed by atoms with E-state index in [1.807, 2.05) is 0 Å². The molecular weight excluding hydrogens is 519 g/mol. The Morgan fingerprint density at radius 3 is 2.65 bits per heavy atom. The summed E-state index contributed by atoms with van der Waals surface area (Å²) in [5.41, 5.74) is 0.834. The second kappa shape index (κ2) is 9.56. The van der Waals surface area contributed by atoms with Gasteiger partial charge in [0, 0.05) is 12.1 Å². The van der Waals surface area contributed by atoms with Gasteiger partial charge in [-0.25, -0.2) is 13.4 Å². The largest absolute Gasteiger partial charge is 0.573 e. The van der Waals surface area contributed by atoms with E-state index in [9.17, 15) is 26.4 Å². The second-order valence-corrected chi connectivity index (χ2v) is 11.1. The Balaban J connectivity index is 1.38. The molecule has 1 aliphatic rings. The van der Waals surface area contributed by atoms with Crippen molar-refractivity contribution in [3.8, 4) is 17.0 Å². The Morgan fingerprint density at radius 1 is 1.26 bits per heavy atom. The summed E-state index contributed by atoms with van der Waals surface area (Å²) in [6.45, 7) is 0.121. The predicted octanol–water partition coefficient (Wildman–Crippen LogP) is 4.42. The van der Waals surface area contributed by atoms with Crippen molar-refractivity contribution >= 4 is 38.9 Å². The smallest absolute Gasteiger partial charge is 0.446 e. The maximum atomic E-state index is 12.9. The number of aromatic nitrogens is 1. The molecule has 3 aromatic rings. The SMILES string of the molecule is O=C(NCc1nc(-c2ccc(OC(F)(F)F)cc2)co1)[C@H]1CCCN1S(=O)(=O)c1ccc(Cl)s1. The number of hydrogen-bond acceptors (Lipinski definition) is 7. The van der Waals surface area contributed by atoms with Gasteiger partial charge in [0.15, 0.2) is 0 Å². The van der Waals surface area contributed by atoms with Gasteiger partial charge in [0.25, 0.3) is 10.0 Å². The molecule has 1 fully saturated rings. The topological polar surface area (TPSA) is 102 Å². The minimum Gasteiger partial charge on any atom is -0.446 e. The first-order chi connectivity index (χ1) is 16.0. The zero-order valence-electron chi connectivity index (χ0n) is 17.2. The Morgan fingerprint density at radius 2 is 2.00 bits per heavy atom. The van der Waals surface area contributed by atoms with Gasteiger partial charge >= 0.3 is 6.36 Å². The van der Waals surface area contributed by atoms with Crippen molar-refractivity contribution in [2.24, 2.45) is 0 Å². The summed E-state index contributed by atoms with van der Waals surface area (Å²) in [7, 11) is -3.86. The number of benzene rings is 1. The molecule has 4 rings (SSSR count). The molecule has 3 heterocycles. The van der Waals surface area contributed by atoms with Crippen LogP contribution in [0, 0.1) is 0 Å². The van der Waals surface area contributed by atoms with Gasteiger partial charge < -0.3 is 14.5 Å². The number of hydrogen-bond donors (Lipinski definition) is 1. The zero-order valence-corrected chi connectivity index (χ0v) is 19.6. The van der Waals surface area contributed by atoms with Gasteiger partial charge in [-0.2, -0.15) is 4.31 Å². The first-order valence-corrected chi connectivity index (χ1v) is 12.5. The van der Waals surface area contributed by atoms with Crippen LogP contribution >= 0.6 is 22.9 Å². The Hall–Kier alpha value is -2.61. The fraction of sp³-hybridized carbons (Fsp3) is 0.300. The third-order valence-electron chi connectivity index (χ3n) is 4.97. The van der Waals surface area contributed by atoms with Crippen molar-refractivity contribution in [3.63, 3.8) is 0 Å². The fourth-order valence-corrected chi connectivity index (χ4v) is 6.74. The molecule has 14 heteroatoms. The quantitative estimate of drug-likeness (QED) is 0.480. The third kappa shape index (κ3) is 5.54. The van der Waals surface area contributed by atoms with Gasteiger partial charge in [-0.3, -0.25) is 4.79 Å². The van der Waals surface area contributed by atoms with Crippen LogP contribution in [-0.2, 0) is 21.4 Å². The second-order valence-electron chi connectivity index (χ2n) is 7.25. The molecule has 34 heavy (non-hydrogen) atoms. The van der Waals surface area contributed by atoms with Gasteiger partial charge in [0.05, 0.1) is 10.9 Å². The van der Waals surface area contributed by atoms with E-state index in [-0.39, 0.29) is 28.9 Å². The van der Waals surface area contributed by atoms with Gasteiger partial charge in [0.2, 0.25) is 11.8 Å². The van der Waals surface area contributed by atoms with E-state index in [1.54, 1.807) is 0 Å². The van der Waals surface area contributed by atoms with Crippen LogP contribution in [0.1, 0.15) is 18.7 Å². The summed E-state index contributed by atoms with van der Waals surface area (Å²) < 4.78 is 73.4. The van der Waals surface area contributed by atoms with Crippen molar-refractivity contribution in [1.29, 1.82) is 0 Å². The number of halogens is 4. The normalized spacial score (nSPS) is 17.1. The molecule has 1 saturated heterocycles. The highest BCUT2D eigenvalue weighted by Crippen LogP contribution is 2.32. The first-order valence-electron chi connectivity index (χ1n) is 9.88. The lowest BCUT2D eigenvalue weighted by Crippen LogP contribution is -2.45. The molecule has 182 valence electrons. The number of nitrogens with zero attached hydrogens (tertiary/aromatic N) is 2. The van der Waals surface area contributed by atoms with Crippen molar-refractivity contribution < 1.29 is 35.5 Å². The molecule has 8 nitrogen and oxygen atoms in total. The number of alkyl halides is 3. The minimum atomic E-state index is -4.79. The van der Waals surface area contributed by atoms with E-state index >= 15 is 0 Å². The highest BCUT2D eigenvalue weighted by atomic mass is 35.5. The molecule has 1 atom stereocenters. The van der Waals surface area contributed by atoms with E-state index in [1.165, 1.54) is 30.5 Å². The third-order valence-corrected chi connectivity index (χ3v) is 8.57. The molecule has 0 radical (unpaired) electrons. The molecule has 0 spiro atoms. The molecule has 0 bridgehead atoms. The summed E-state index contributed by atoms with van der Waals surface area (Å²) in [5, 5.41) is 2.63. The number of thiophene rings is 1. The van der Waals surface area contributed by atoms with Crippen molar-refractivity contribution in [3.05, 3.63) is 52.9 Å². The molecule has 0 saturated carbocycles. The average molecular weight is 536 g/mol. The highest BCUT2D eigenvalue weighted by Gasteiger charge is 2.40. The molecule has 0 unspecified atom stereocenters. The standard InChI is InChI=1S/C20H17ClF3N3O5S2/c21-16-7-8-18(33-16)34(29,30)27-9-1-2-15(27)19(28)25-10-17-26-14(11-31-17)12-3-5-13(6-4-12)32-20(22,23)24/h3-8,11,15H,1-2,9-10H2,(H,25,28)/t15-/m1/s1. The number of amides is 1. The van der Waals surface area contributed by atoms with Crippen LogP contribution in [0.15, 0.2) is 51.3 Å². The van der Waals surface area contributed by atoms with Crippen LogP contribution in [0.4, 0.5) is 13.2 Å². The molecule has 1 N–H and O–H groups in total. The van der Waals surface area contributed by atoms with Crippen LogP contribution in [0.5, 0.6) is 5.75 Å². The average Bonchev–Trinajstić information content (AvgIpc) is 3.52. The lowest BCUT2D eigenvalue weighted by Gasteiger charge is -2.22. The summed E-state index contributed by atoms with van der Waals surface area (Å²) in [4.78, 5) is 16.9. The van der Waals surface area contributed by atoms with E-state index in [0.29, 0.717) is 28.4 Å². The lowest BCUT2D eigenvalue weighted by molar-refractivity contribution is -0.274. The Bertz CT molecular complexity index is 1280. The van der Waals surface area contributed by atoms with Gasteiger partial charge in [-0.1, -0.05) is 11.6 Å². The van der Waals surface area contributed by atoms with Crippen LogP contribution in [0.3, 0.4) is 0 Å². The van der Waals surface area contributed by atoms with Crippen molar-refractivity contribution in [2.45, 2.75) is 36.0 Å². The molecule has 0 aliphatic carbocycles. The Labute approximate surface area is 201 Å². The van der Waals surface area contributed by atoms with E-state index in [4.69, 9.17) is 16.0 Å². The van der Waals surface area contributed by atoms with Crippen molar-refractivity contribution in [1.82, 2.24) is 14.6 Å². The maximum Gasteiger partial charge on any atom is 0.573 e. The first kappa shape index (κ1) is 24.5. The van der Waals surface area contributed by atoms with Crippen molar-refractivity contribution in [2.75, 3.05) is 6.54 Å². The number of rotatable bonds is 7. The molecular formula is C20H17ClF3N3O5S2. The van der Waals surface area contributed by atoms with E-state index in [2.05, 4.69) is 15.0 Å². The highest BCUT2D eigenvalue weighted by molar-refractivity contribution is 7.91. The van der Waals surface area contributed by atoms with Crippen LogP contribution < -0.4 is 10.1 Å². The van der Waals surface area contributed by atoms with E-state index in [0.717, 1.165) is 27.8 Å². The summed E-state index contributed by atoms with van der Waals surface area (Å²) in [6.07, 6.45) is -2.58. The summed E-state index contributed by atoms with van der Waals surface area (Å²) >= 11 is 6.78. The fourth-order valence-electron chi connectivity index (χ4n) is 3.47. The van der Waals surface area contributed by atoms with Gasteiger partial charge in [0.1, 0.15) is 28.0 Å². The number of oxazole rings is 1. The number of ether oxygens (including phenoxy) is 1. The zero-order chi connectivity index (χ0) is 24.5. The van der Waals surface area contributed by atoms with Crippen LogP contribution in [0.25, 0.3) is 11.3 Å². The number of carbonyl (C=O) groups is 1. The van der Waals surface area contributed by atoms with Gasteiger partial charge in [-0.05, 0) is 49.2 Å². The predicted molar refractivity (Wildman–Crippen MR) is 117 cm³/mol. The molecule has 1 aromatic carbocycles. The monoisotopic (exact) mass is 535 g/mol. The summed E-state index contributed by atoms with van der Waals surface area (Å²) in [5.74, 6) is -0.707. The number of sulfonamides is 1. The van der Waals surface area contributed by atoms with E-state index < -0.39 is 28.3 Å². The van der Waals surface area contributed by atoms with Crippen LogP contribution in [-0.4, -0.2) is 42.6 Å². The number of nitrogens with one attached hydrogen (secondary N) is 1. The van der Waals surface area contributed by atoms with Crippen LogP contribution in [0.2, 0.25) is 4.34 Å². The summed E-state index contributed by atoms with van der Waals surface area (Å²) in [6, 6.07) is 7.09.